The number of aliphatic hydroxyl groups excluding tert-OH is 1. The Morgan fingerprint density at radius 3 is 2.58 bits per heavy atom. The normalized spacial score (nSPS) is 18.2. The zero-order chi connectivity index (χ0) is 32.3. The van der Waals surface area contributed by atoms with Crippen molar-refractivity contribution < 1.29 is 42.1 Å². The van der Waals surface area contributed by atoms with Gasteiger partial charge in [0.05, 0.1) is 42.4 Å². The molecule has 0 fully saturated rings. The van der Waals surface area contributed by atoms with Crippen LogP contribution in [0.4, 0.5) is 16.2 Å². The fourth-order valence-corrected chi connectivity index (χ4v) is 6.11. The quantitative estimate of drug-likeness (QED) is 0.318. The zero-order valence-corrected chi connectivity index (χ0v) is 26.2. The zero-order valence-electron chi connectivity index (χ0n) is 25.3. The number of rotatable bonds is 9. The molecule has 0 bridgehead atoms. The minimum absolute atomic E-state index is 0.0153. The van der Waals surface area contributed by atoms with Gasteiger partial charge in [-0.15, -0.1) is 0 Å². The highest BCUT2D eigenvalue weighted by atomic mass is 32.2. The summed E-state index contributed by atoms with van der Waals surface area (Å²) in [6, 6.07) is 14.6. The number of aliphatic hydroxyl groups is 1. The van der Waals surface area contributed by atoms with Gasteiger partial charge in [-0.2, -0.15) is 0 Å². The summed E-state index contributed by atoms with van der Waals surface area (Å²) in [7, 11) is -1.01. The van der Waals surface area contributed by atoms with Crippen LogP contribution in [-0.4, -0.2) is 88.1 Å². The molecule has 13 nitrogen and oxygen atoms in total. The molecule has 0 aromatic heterocycles. The van der Waals surface area contributed by atoms with Crippen LogP contribution in [-0.2, 0) is 10.0 Å². The largest absolute Gasteiger partial charge is 0.497 e. The molecule has 0 saturated heterocycles. The third-order valence-electron chi connectivity index (χ3n) is 7.73. The van der Waals surface area contributed by atoms with E-state index in [1.165, 1.54) is 47.2 Å². The molecule has 3 N–H and O–H groups in total. The average molecular weight is 641 g/mol. The second-order valence-corrected chi connectivity index (χ2v) is 12.6. The average Bonchev–Trinajstić information content (AvgIpc) is 3.50. The first kappa shape index (κ1) is 31.7. The minimum Gasteiger partial charge on any atom is -0.497 e. The molecule has 5 rings (SSSR count). The molecule has 0 radical (unpaired) electrons. The van der Waals surface area contributed by atoms with E-state index in [0.717, 1.165) is 0 Å². The van der Waals surface area contributed by atoms with E-state index in [4.69, 9.17) is 18.9 Å². The summed E-state index contributed by atoms with van der Waals surface area (Å²) >= 11 is 0. The smallest absolute Gasteiger partial charge is 0.321 e. The van der Waals surface area contributed by atoms with Crippen molar-refractivity contribution in [2.45, 2.75) is 30.9 Å². The Kier molecular flexibility index (Phi) is 9.25. The Hall–Kier alpha value is -4.69. The number of ether oxygens (including phenoxy) is 4. The van der Waals surface area contributed by atoms with Crippen LogP contribution in [0.1, 0.15) is 24.2 Å². The second kappa shape index (κ2) is 13.1. The van der Waals surface area contributed by atoms with Gasteiger partial charge < -0.3 is 39.2 Å². The van der Waals surface area contributed by atoms with Crippen LogP contribution in [0.15, 0.2) is 65.6 Å². The van der Waals surface area contributed by atoms with Crippen LogP contribution < -0.4 is 29.0 Å². The Bertz CT molecular complexity index is 1670. The van der Waals surface area contributed by atoms with Gasteiger partial charge in [-0.1, -0.05) is 13.0 Å². The molecule has 3 amide bonds. The van der Waals surface area contributed by atoms with E-state index in [0.29, 0.717) is 22.9 Å². The Labute approximate surface area is 261 Å². The Morgan fingerprint density at radius 2 is 1.87 bits per heavy atom. The third-order valence-corrected chi connectivity index (χ3v) is 9.11. The number of carbonyl (C=O) groups is 2. The summed E-state index contributed by atoms with van der Waals surface area (Å²) in [4.78, 5) is 29.9. The fourth-order valence-electron chi connectivity index (χ4n) is 5.05. The molecule has 0 spiro atoms. The molecule has 2 aliphatic heterocycles. The van der Waals surface area contributed by atoms with E-state index >= 15 is 0 Å². The van der Waals surface area contributed by atoms with E-state index in [-0.39, 0.29) is 54.3 Å². The minimum atomic E-state index is -4.10. The predicted octanol–water partition coefficient (Wildman–Crippen LogP) is 3.61. The van der Waals surface area contributed by atoms with Gasteiger partial charge in [0.25, 0.3) is 15.9 Å². The van der Waals surface area contributed by atoms with E-state index < -0.39 is 34.1 Å². The van der Waals surface area contributed by atoms with Gasteiger partial charge in [0.1, 0.15) is 11.9 Å². The number of carbonyl (C=O) groups excluding carboxylic acids is 2. The summed E-state index contributed by atoms with van der Waals surface area (Å²) in [5.74, 6) is 0.882. The molecule has 45 heavy (non-hydrogen) atoms. The molecule has 0 unspecified atom stereocenters. The van der Waals surface area contributed by atoms with Gasteiger partial charge >= 0.3 is 6.03 Å². The molecular weight excluding hydrogens is 604 g/mol. The first-order valence-electron chi connectivity index (χ1n) is 14.3. The van der Waals surface area contributed by atoms with Gasteiger partial charge in [-0.05, 0) is 55.5 Å². The SMILES string of the molecule is COc1ccc(S(=O)(=O)Nc2cccc3c2O[C@H](CN(C)C(=O)Nc2ccc4c(c2)OCO4)[C@H](C)CN([C@@H](C)CO)C3=O)cc1. The highest BCUT2D eigenvalue weighted by Gasteiger charge is 2.35. The molecule has 3 aromatic rings. The van der Waals surface area contributed by atoms with Crippen molar-refractivity contribution in [3.63, 3.8) is 0 Å². The highest BCUT2D eigenvalue weighted by molar-refractivity contribution is 7.92. The number of hydrogen-bond acceptors (Lipinski definition) is 9. The third kappa shape index (κ3) is 6.86. The lowest BCUT2D eigenvalue weighted by Crippen LogP contribution is -2.50. The van der Waals surface area contributed by atoms with Crippen molar-refractivity contribution >= 4 is 33.3 Å². The number of urea groups is 1. The number of para-hydroxylation sites is 1. The van der Waals surface area contributed by atoms with E-state index in [1.54, 1.807) is 44.3 Å². The predicted molar refractivity (Wildman–Crippen MR) is 166 cm³/mol. The first-order valence-corrected chi connectivity index (χ1v) is 15.8. The number of nitrogens with zero attached hydrogens (tertiary/aromatic N) is 2. The van der Waals surface area contributed by atoms with Crippen LogP contribution in [0.2, 0.25) is 0 Å². The fraction of sp³-hybridized carbons (Fsp3) is 0.355. The molecule has 240 valence electrons. The van der Waals surface area contributed by atoms with Crippen LogP contribution in [0.3, 0.4) is 0 Å². The van der Waals surface area contributed by atoms with Crippen molar-refractivity contribution in [1.82, 2.24) is 9.80 Å². The van der Waals surface area contributed by atoms with Crippen LogP contribution in [0, 0.1) is 5.92 Å². The maximum atomic E-state index is 13.8. The molecule has 2 heterocycles. The van der Waals surface area contributed by atoms with Crippen molar-refractivity contribution in [3.8, 4) is 23.0 Å². The summed E-state index contributed by atoms with van der Waals surface area (Å²) in [6.45, 7) is 3.74. The molecule has 14 heteroatoms. The van der Waals surface area contributed by atoms with Gasteiger partial charge in [0.15, 0.2) is 17.2 Å². The van der Waals surface area contributed by atoms with Gasteiger partial charge in [0.2, 0.25) is 6.79 Å². The molecule has 3 aromatic carbocycles. The van der Waals surface area contributed by atoms with Crippen molar-refractivity contribution in [2.24, 2.45) is 5.92 Å². The lowest BCUT2D eigenvalue weighted by molar-refractivity contribution is 0.0373. The van der Waals surface area contributed by atoms with E-state index in [1.807, 2.05) is 6.92 Å². The van der Waals surface area contributed by atoms with E-state index in [9.17, 15) is 23.1 Å². The number of hydrogen-bond donors (Lipinski definition) is 3. The first-order chi connectivity index (χ1) is 21.5. The number of fused-ring (bicyclic) bond motifs is 2. The summed E-state index contributed by atoms with van der Waals surface area (Å²) in [5.41, 5.74) is 0.686. The number of anilines is 2. The number of nitrogens with one attached hydrogen (secondary N) is 2. The number of amides is 3. The molecule has 0 saturated carbocycles. The van der Waals surface area contributed by atoms with Gasteiger partial charge in [-0.3, -0.25) is 9.52 Å². The lowest BCUT2D eigenvalue weighted by Gasteiger charge is -2.38. The highest BCUT2D eigenvalue weighted by Crippen LogP contribution is 2.37. The van der Waals surface area contributed by atoms with Crippen LogP contribution >= 0.6 is 0 Å². The van der Waals surface area contributed by atoms with Crippen molar-refractivity contribution in [1.29, 1.82) is 0 Å². The summed E-state index contributed by atoms with van der Waals surface area (Å²) in [5, 5.41) is 12.8. The summed E-state index contributed by atoms with van der Waals surface area (Å²) in [6.07, 6.45) is -0.676. The van der Waals surface area contributed by atoms with Crippen LogP contribution in [0.25, 0.3) is 0 Å². The number of benzene rings is 3. The standard InChI is InChI=1S/C31H36N4O9S/c1-19-15-35(20(2)17-36)30(37)24-6-5-7-25(33-45(39,40)23-11-9-22(41-4)10-12-23)29(24)44-28(19)16-34(3)31(38)32-21-8-13-26-27(14-21)43-18-42-26/h5-14,19-20,28,33,36H,15-18H2,1-4H3,(H,32,38)/t19-,20+,28-/m1/s1. The Morgan fingerprint density at radius 1 is 1.13 bits per heavy atom. The number of sulfonamides is 1. The van der Waals surface area contributed by atoms with Crippen molar-refractivity contribution in [2.75, 3.05) is 50.7 Å². The van der Waals surface area contributed by atoms with Crippen LogP contribution in [0.5, 0.6) is 23.0 Å². The Balaban J connectivity index is 1.44. The second-order valence-electron chi connectivity index (χ2n) is 11.0. The molecular formula is C31H36N4O9S. The maximum Gasteiger partial charge on any atom is 0.321 e. The molecule has 0 aliphatic carbocycles. The number of methoxy groups -OCH3 is 1. The molecule has 3 atom stereocenters. The lowest BCUT2D eigenvalue weighted by atomic mass is 9.99. The monoisotopic (exact) mass is 640 g/mol. The van der Waals surface area contributed by atoms with Gasteiger partial charge in [-0.25, -0.2) is 13.2 Å². The molecule has 2 aliphatic rings. The van der Waals surface area contributed by atoms with Gasteiger partial charge in [0, 0.05) is 31.3 Å². The van der Waals surface area contributed by atoms with Crippen molar-refractivity contribution in [3.05, 3.63) is 66.2 Å². The number of likely N-dealkylation sites (N-methyl/N-ethyl adjacent to an activating group) is 1. The van der Waals surface area contributed by atoms with E-state index in [2.05, 4.69) is 10.0 Å². The maximum absolute atomic E-state index is 13.8. The summed E-state index contributed by atoms with van der Waals surface area (Å²) < 4.78 is 51.6. The topological polar surface area (TPSA) is 156 Å².